The smallest absolute Gasteiger partial charge is 0.0401 e. The Labute approximate surface area is 46.8 Å². The molecule has 0 bridgehead atoms. The summed E-state index contributed by atoms with van der Waals surface area (Å²) in [6.45, 7) is 3.68. The van der Waals surface area contributed by atoms with Gasteiger partial charge in [0.15, 0.2) is 0 Å². The molecule has 1 heterocycles. The number of thioether (sulfide) groups is 1. The predicted molar refractivity (Wildman–Crippen MR) is 34.4 cm³/mol. The quantitative estimate of drug-likeness (QED) is 0.464. The molecule has 0 radical (unpaired) electrons. The average molecular weight is 111 g/mol. The molecule has 0 spiro atoms. The van der Waals surface area contributed by atoms with E-state index in [0.29, 0.717) is 0 Å². The summed E-state index contributed by atoms with van der Waals surface area (Å²) >= 11 is 1.59. The molecule has 1 rings (SSSR count). The van der Waals surface area contributed by atoms with Crippen LogP contribution in [-0.2, 0) is 0 Å². The van der Waals surface area contributed by atoms with Crippen LogP contribution in [0, 0.1) is 0 Å². The number of hydrogen-bond donors (Lipinski definition) is 0. The van der Waals surface area contributed by atoms with Gasteiger partial charge in [-0.1, -0.05) is 18.3 Å². The van der Waals surface area contributed by atoms with E-state index in [0.717, 1.165) is 4.91 Å². The van der Waals surface area contributed by atoms with Crippen molar-refractivity contribution in [3.05, 3.63) is 23.1 Å². The standard InChI is InChI=1S/C5H5NS/c1-5-4-6-2-3-7-5/h2-4H,1H2. The largest absolute Gasteiger partial charge is 0.263 e. The zero-order chi connectivity index (χ0) is 5.11. The van der Waals surface area contributed by atoms with E-state index in [1.165, 1.54) is 0 Å². The van der Waals surface area contributed by atoms with E-state index in [4.69, 9.17) is 0 Å². The van der Waals surface area contributed by atoms with Gasteiger partial charge in [0.2, 0.25) is 0 Å². The molecule has 0 unspecified atom stereocenters. The van der Waals surface area contributed by atoms with Crippen LogP contribution in [0.5, 0.6) is 0 Å². The normalized spacial score (nSPS) is 18.0. The predicted octanol–water partition coefficient (Wildman–Crippen LogP) is 1.79. The van der Waals surface area contributed by atoms with Crippen LogP contribution in [-0.4, -0.2) is 6.21 Å². The maximum absolute atomic E-state index is 3.83. The summed E-state index contributed by atoms with van der Waals surface area (Å²) in [4.78, 5) is 4.83. The fraction of sp³-hybridized carbons (Fsp3) is 0. The molecule has 0 aliphatic carbocycles. The van der Waals surface area contributed by atoms with Crippen LogP contribution in [0.15, 0.2) is 28.1 Å². The summed E-state index contributed by atoms with van der Waals surface area (Å²) in [5, 5.41) is 1.91. The molecule has 0 amide bonds. The molecule has 0 N–H and O–H groups in total. The first-order valence-electron chi connectivity index (χ1n) is 1.93. The van der Waals surface area contributed by atoms with Crippen molar-refractivity contribution >= 4 is 18.0 Å². The Morgan fingerprint density at radius 1 is 1.71 bits per heavy atom. The zero-order valence-corrected chi connectivity index (χ0v) is 4.61. The molecule has 0 saturated heterocycles. The highest BCUT2D eigenvalue weighted by Crippen LogP contribution is 2.15. The molecule has 2 heteroatoms. The molecule has 7 heavy (non-hydrogen) atoms. The topological polar surface area (TPSA) is 12.4 Å². The molecule has 0 aromatic heterocycles. The second-order valence-corrected chi connectivity index (χ2v) is 2.18. The first-order chi connectivity index (χ1) is 3.39. The Morgan fingerprint density at radius 2 is 2.57 bits per heavy atom. The van der Waals surface area contributed by atoms with Crippen molar-refractivity contribution in [1.29, 1.82) is 0 Å². The van der Waals surface area contributed by atoms with Gasteiger partial charge in [-0.3, -0.25) is 4.99 Å². The van der Waals surface area contributed by atoms with Gasteiger partial charge < -0.3 is 0 Å². The Balaban J connectivity index is 2.66. The summed E-state index contributed by atoms with van der Waals surface area (Å²) in [5.74, 6) is 0. The van der Waals surface area contributed by atoms with E-state index in [2.05, 4.69) is 11.6 Å². The molecule has 36 valence electrons. The fourth-order valence-corrected chi connectivity index (χ4v) is 0.737. The van der Waals surface area contributed by atoms with E-state index in [9.17, 15) is 0 Å². The lowest BCUT2D eigenvalue weighted by Gasteiger charge is -1.93. The van der Waals surface area contributed by atoms with Gasteiger partial charge in [-0.2, -0.15) is 0 Å². The third kappa shape index (κ3) is 1.20. The van der Waals surface area contributed by atoms with Gasteiger partial charge in [-0.05, 0) is 5.41 Å². The molecule has 1 nitrogen and oxygen atoms in total. The molecular formula is C5H5NS. The molecule has 0 fully saturated rings. The van der Waals surface area contributed by atoms with Gasteiger partial charge in [-0.15, -0.1) is 0 Å². The maximum atomic E-state index is 3.83. The first kappa shape index (κ1) is 4.65. The van der Waals surface area contributed by atoms with E-state index in [1.807, 2.05) is 5.41 Å². The van der Waals surface area contributed by atoms with Crippen molar-refractivity contribution in [1.82, 2.24) is 0 Å². The van der Waals surface area contributed by atoms with Gasteiger partial charge >= 0.3 is 0 Å². The number of hydrogen-bond acceptors (Lipinski definition) is 2. The monoisotopic (exact) mass is 111 g/mol. The lowest BCUT2D eigenvalue weighted by Crippen LogP contribution is -1.74. The molecule has 0 saturated carbocycles. The third-order valence-electron chi connectivity index (χ3n) is 0.585. The van der Waals surface area contributed by atoms with E-state index in [-0.39, 0.29) is 0 Å². The van der Waals surface area contributed by atoms with Gasteiger partial charge in [0, 0.05) is 17.3 Å². The highest BCUT2D eigenvalue weighted by Gasteiger charge is 1.86. The number of allylic oxidation sites excluding steroid dienone is 1. The lowest BCUT2D eigenvalue weighted by atomic mass is 10.7. The van der Waals surface area contributed by atoms with Crippen LogP contribution in [0.2, 0.25) is 0 Å². The highest BCUT2D eigenvalue weighted by atomic mass is 32.2. The van der Waals surface area contributed by atoms with Crippen molar-refractivity contribution in [2.75, 3.05) is 0 Å². The number of rotatable bonds is 0. The third-order valence-corrected chi connectivity index (χ3v) is 1.25. The first-order valence-corrected chi connectivity index (χ1v) is 2.81. The van der Waals surface area contributed by atoms with Crippen molar-refractivity contribution in [2.24, 2.45) is 4.99 Å². The van der Waals surface area contributed by atoms with Crippen molar-refractivity contribution in [2.45, 2.75) is 0 Å². The Morgan fingerprint density at radius 3 is 2.86 bits per heavy atom. The second kappa shape index (κ2) is 1.98. The summed E-state index contributed by atoms with van der Waals surface area (Å²) in [6, 6.07) is 0. The summed E-state index contributed by atoms with van der Waals surface area (Å²) < 4.78 is 0. The van der Waals surface area contributed by atoms with Crippen molar-refractivity contribution in [3.8, 4) is 0 Å². The molecular weight excluding hydrogens is 106 g/mol. The Bertz CT molecular complexity index is 135. The number of aliphatic imine (C=N–C) groups is 1. The Hall–Kier alpha value is -0.500. The molecule has 1 aliphatic rings. The van der Waals surface area contributed by atoms with Crippen LogP contribution >= 0.6 is 11.8 Å². The van der Waals surface area contributed by atoms with Crippen molar-refractivity contribution in [3.63, 3.8) is 0 Å². The van der Waals surface area contributed by atoms with Crippen molar-refractivity contribution < 1.29 is 0 Å². The molecule has 0 atom stereocenters. The Kier molecular flexibility index (Phi) is 1.32. The van der Waals surface area contributed by atoms with E-state index < -0.39 is 0 Å². The van der Waals surface area contributed by atoms with Crippen LogP contribution in [0.1, 0.15) is 0 Å². The minimum atomic E-state index is 1.00. The van der Waals surface area contributed by atoms with E-state index >= 15 is 0 Å². The molecule has 0 aromatic rings. The maximum Gasteiger partial charge on any atom is 0.0401 e. The average Bonchev–Trinajstić information content (AvgIpc) is 1.69. The lowest BCUT2D eigenvalue weighted by molar-refractivity contribution is 1.61. The minimum Gasteiger partial charge on any atom is -0.263 e. The van der Waals surface area contributed by atoms with Gasteiger partial charge in [-0.25, -0.2) is 0 Å². The zero-order valence-electron chi connectivity index (χ0n) is 3.79. The molecule has 1 aliphatic heterocycles. The summed E-state index contributed by atoms with van der Waals surface area (Å²) in [7, 11) is 0. The molecule has 0 aromatic carbocycles. The minimum absolute atomic E-state index is 1.00. The summed E-state index contributed by atoms with van der Waals surface area (Å²) in [5.41, 5.74) is 0. The fourth-order valence-electron chi connectivity index (χ4n) is 0.310. The second-order valence-electron chi connectivity index (χ2n) is 1.15. The van der Waals surface area contributed by atoms with Gasteiger partial charge in [0.25, 0.3) is 0 Å². The van der Waals surface area contributed by atoms with E-state index in [1.54, 1.807) is 24.2 Å². The van der Waals surface area contributed by atoms with Crippen LogP contribution in [0.25, 0.3) is 0 Å². The SMILES string of the molecule is C=C1C=NC=CS1. The van der Waals surface area contributed by atoms with Crippen LogP contribution in [0.3, 0.4) is 0 Å². The number of nitrogens with zero attached hydrogens (tertiary/aromatic N) is 1. The van der Waals surface area contributed by atoms with Gasteiger partial charge in [0.1, 0.15) is 0 Å². The van der Waals surface area contributed by atoms with Crippen LogP contribution < -0.4 is 0 Å². The van der Waals surface area contributed by atoms with Gasteiger partial charge in [0.05, 0.1) is 0 Å². The summed E-state index contributed by atoms with van der Waals surface area (Å²) in [6.07, 6.45) is 3.49. The highest BCUT2D eigenvalue weighted by molar-refractivity contribution is 8.06. The van der Waals surface area contributed by atoms with Crippen LogP contribution in [0.4, 0.5) is 0 Å².